The molecule has 4 heterocycles. The number of nitrogens with zero attached hydrogens (tertiary/aromatic N) is 4. The molecule has 35 heavy (non-hydrogen) atoms. The Hall–Kier alpha value is -3.04. The van der Waals surface area contributed by atoms with Gasteiger partial charge in [0.2, 0.25) is 5.91 Å². The van der Waals surface area contributed by atoms with Crippen LogP contribution in [-0.2, 0) is 4.79 Å². The summed E-state index contributed by atoms with van der Waals surface area (Å²) >= 11 is 1.65. The van der Waals surface area contributed by atoms with Crippen molar-refractivity contribution in [2.24, 2.45) is 5.92 Å². The van der Waals surface area contributed by atoms with Crippen molar-refractivity contribution in [3.8, 4) is 10.6 Å². The minimum atomic E-state index is -0.232. The zero-order chi connectivity index (χ0) is 24.2. The van der Waals surface area contributed by atoms with Crippen LogP contribution in [0.4, 0.5) is 16.8 Å². The number of hydrogen-bond acceptors (Lipinski definition) is 8. The second-order valence-corrected chi connectivity index (χ2v) is 10.5. The van der Waals surface area contributed by atoms with Gasteiger partial charge in [0.1, 0.15) is 11.6 Å². The molecule has 2 aliphatic rings. The third kappa shape index (κ3) is 5.97. The molecule has 3 N–H and O–H groups in total. The number of thiazole rings is 1. The maximum Gasteiger partial charge on any atom is 0.223 e. The lowest BCUT2D eigenvalue weighted by Crippen LogP contribution is -2.47. The average Bonchev–Trinajstić information content (AvgIpc) is 3.36. The molecular formula is C26H32N6O2S. The van der Waals surface area contributed by atoms with E-state index in [9.17, 15) is 9.90 Å². The van der Waals surface area contributed by atoms with Crippen LogP contribution in [0.5, 0.6) is 0 Å². The van der Waals surface area contributed by atoms with E-state index in [2.05, 4.69) is 25.5 Å². The van der Waals surface area contributed by atoms with Gasteiger partial charge in [-0.15, -0.1) is 0 Å². The third-order valence-corrected chi connectivity index (χ3v) is 7.93. The third-order valence-electron chi connectivity index (χ3n) is 6.85. The van der Waals surface area contributed by atoms with Crippen molar-refractivity contribution in [1.29, 1.82) is 0 Å². The second kappa shape index (κ2) is 10.7. The molecule has 1 aliphatic heterocycles. The van der Waals surface area contributed by atoms with Crippen molar-refractivity contribution >= 4 is 34.0 Å². The van der Waals surface area contributed by atoms with Gasteiger partial charge in [0.05, 0.1) is 16.7 Å². The van der Waals surface area contributed by atoms with E-state index < -0.39 is 0 Å². The number of anilines is 3. The monoisotopic (exact) mass is 492 g/mol. The summed E-state index contributed by atoms with van der Waals surface area (Å²) in [4.78, 5) is 29.7. The standard InChI is InChI=1S/C26H32N6O2S/c1-17-9-12-27-24(15-17)31-23-4-2-3-21(30-23)22-16-28-26(35-22)32-13-10-19(11-14-32)29-25(34)18-5-7-20(33)8-6-18/h2-4,9,12,15-16,18-20,33H,5-8,10-11,13-14H2,1H3,(H,29,34)(H,27,30,31). The Morgan fingerprint density at radius 1 is 1.06 bits per heavy atom. The minimum absolute atomic E-state index is 0.0531. The topological polar surface area (TPSA) is 103 Å². The van der Waals surface area contributed by atoms with Gasteiger partial charge in [-0.1, -0.05) is 17.4 Å². The van der Waals surface area contributed by atoms with Gasteiger partial charge >= 0.3 is 0 Å². The summed E-state index contributed by atoms with van der Waals surface area (Å²) in [5, 5.41) is 17.2. The van der Waals surface area contributed by atoms with Crippen molar-refractivity contribution in [3.63, 3.8) is 0 Å². The highest BCUT2D eigenvalue weighted by Gasteiger charge is 2.28. The number of rotatable bonds is 6. The SMILES string of the molecule is Cc1ccnc(Nc2cccc(-c3cnc(N4CCC(NC(=O)C5CCC(O)CC5)CC4)s3)n2)c1. The number of carbonyl (C=O) groups is 1. The largest absolute Gasteiger partial charge is 0.393 e. The van der Waals surface area contributed by atoms with Crippen molar-refractivity contribution in [1.82, 2.24) is 20.3 Å². The first-order chi connectivity index (χ1) is 17.0. The van der Waals surface area contributed by atoms with Crippen LogP contribution >= 0.6 is 11.3 Å². The fourth-order valence-corrected chi connectivity index (χ4v) is 5.72. The summed E-state index contributed by atoms with van der Waals surface area (Å²) in [6.07, 6.45) is 8.33. The lowest BCUT2D eigenvalue weighted by molar-refractivity contribution is -0.127. The second-order valence-electron chi connectivity index (χ2n) is 9.53. The van der Waals surface area contributed by atoms with Gasteiger partial charge in [-0.3, -0.25) is 4.79 Å². The van der Waals surface area contributed by atoms with Crippen LogP contribution in [0.2, 0.25) is 0 Å². The van der Waals surface area contributed by atoms with E-state index in [0.29, 0.717) is 0 Å². The van der Waals surface area contributed by atoms with E-state index in [-0.39, 0.29) is 24.0 Å². The van der Waals surface area contributed by atoms with Crippen molar-refractivity contribution < 1.29 is 9.90 Å². The number of piperidine rings is 1. The maximum absolute atomic E-state index is 12.6. The molecule has 1 saturated heterocycles. The highest BCUT2D eigenvalue weighted by atomic mass is 32.1. The van der Waals surface area contributed by atoms with Crippen LogP contribution in [0.1, 0.15) is 44.1 Å². The van der Waals surface area contributed by atoms with Crippen LogP contribution in [0.3, 0.4) is 0 Å². The Kier molecular flexibility index (Phi) is 7.24. The molecule has 2 fully saturated rings. The highest BCUT2D eigenvalue weighted by Crippen LogP contribution is 2.32. The summed E-state index contributed by atoms with van der Waals surface area (Å²) in [7, 11) is 0. The number of amides is 1. The number of nitrogens with one attached hydrogen (secondary N) is 2. The maximum atomic E-state index is 12.6. The van der Waals surface area contributed by atoms with E-state index in [1.165, 1.54) is 0 Å². The quantitative estimate of drug-likeness (QED) is 0.472. The molecule has 184 valence electrons. The summed E-state index contributed by atoms with van der Waals surface area (Å²) in [5.41, 5.74) is 2.02. The fourth-order valence-electron chi connectivity index (χ4n) is 4.78. The Balaban J connectivity index is 1.16. The molecule has 0 radical (unpaired) electrons. The van der Waals surface area contributed by atoms with Gasteiger partial charge < -0.3 is 20.6 Å². The first-order valence-corrected chi connectivity index (χ1v) is 13.2. The molecule has 1 amide bonds. The zero-order valence-corrected chi connectivity index (χ0v) is 20.8. The molecule has 0 atom stereocenters. The lowest BCUT2D eigenvalue weighted by atomic mass is 9.86. The van der Waals surface area contributed by atoms with Gasteiger partial charge in [0, 0.05) is 37.4 Å². The van der Waals surface area contributed by atoms with Crippen molar-refractivity contribution in [3.05, 3.63) is 48.3 Å². The summed E-state index contributed by atoms with van der Waals surface area (Å²) in [6.45, 7) is 3.78. The fraction of sp³-hybridized carbons (Fsp3) is 0.462. The molecule has 8 nitrogen and oxygen atoms in total. The predicted octanol–water partition coefficient (Wildman–Crippen LogP) is 4.29. The van der Waals surface area contributed by atoms with E-state index in [1.807, 2.05) is 43.5 Å². The molecule has 0 spiro atoms. The normalized spacial score (nSPS) is 21.0. The Morgan fingerprint density at radius 2 is 1.86 bits per heavy atom. The molecule has 5 rings (SSSR count). The Labute approximate surface area is 209 Å². The van der Waals surface area contributed by atoms with Crippen LogP contribution in [0.25, 0.3) is 10.6 Å². The van der Waals surface area contributed by atoms with Crippen molar-refractivity contribution in [2.45, 2.75) is 57.6 Å². The Morgan fingerprint density at radius 3 is 2.63 bits per heavy atom. The van der Waals surface area contributed by atoms with Gasteiger partial charge in [0.15, 0.2) is 5.13 Å². The molecule has 1 saturated carbocycles. The van der Waals surface area contributed by atoms with Gasteiger partial charge in [0.25, 0.3) is 0 Å². The van der Waals surface area contributed by atoms with Crippen molar-refractivity contribution in [2.75, 3.05) is 23.3 Å². The summed E-state index contributed by atoms with van der Waals surface area (Å²) in [5.74, 6) is 1.74. The highest BCUT2D eigenvalue weighted by molar-refractivity contribution is 7.18. The number of aliphatic hydroxyl groups is 1. The van der Waals surface area contributed by atoms with E-state index in [4.69, 9.17) is 4.98 Å². The van der Waals surface area contributed by atoms with E-state index >= 15 is 0 Å². The first-order valence-electron chi connectivity index (χ1n) is 12.4. The van der Waals surface area contributed by atoms with E-state index in [1.54, 1.807) is 17.5 Å². The average molecular weight is 493 g/mol. The van der Waals surface area contributed by atoms with Crippen LogP contribution < -0.4 is 15.5 Å². The Bertz CT molecular complexity index is 1150. The zero-order valence-electron chi connectivity index (χ0n) is 20.0. The molecule has 9 heteroatoms. The number of pyridine rings is 2. The molecule has 0 aromatic carbocycles. The van der Waals surface area contributed by atoms with Gasteiger partial charge in [-0.05, 0) is 75.3 Å². The number of aromatic nitrogens is 3. The van der Waals surface area contributed by atoms with Crippen LogP contribution in [0.15, 0.2) is 42.7 Å². The minimum Gasteiger partial charge on any atom is -0.393 e. The number of carbonyl (C=O) groups excluding carboxylic acids is 1. The molecule has 0 bridgehead atoms. The smallest absolute Gasteiger partial charge is 0.223 e. The van der Waals surface area contributed by atoms with Crippen LogP contribution in [0, 0.1) is 12.8 Å². The molecule has 0 unspecified atom stereocenters. The molecule has 1 aliphatic carbocycles. The van der Waals surface area contributed by atoms with E-state index in [0.717, 1.165) is 84.5 Å². The number of aryl methyl sites for hydroxylation is 1. The lowest BCUT2D eigenvalue weighted by Gasteiger charge is -2.33. The first kappa shape index (κ1) is 23.7. The van der Waals surface area contributed by atoms with Gasteiger partial charge in [-0.2, -0.15) is 0 Å². The molecular weight excluding hydrogens is 460 g/mol. The number of hydrogen-bond donors (Lipinski definition) is 3. The predicted molar refractivity (Wildman–Crippen MR) is 139 cm³/mol. The number of aliphatic hydroxyl groups excluding tert-OH is 1. The summed E-state index contributed by atoms with van der Waals surface area (Å²) in [6, 6.07) is 10.1. The van der Waals surface area contributed by atoms with Gasteiger partial charge in [-0.25, -0.2) is 15.0 Å². The van der Waals surface area contributed by atoms with Crippen LogP contribution in [-0.4, -0.2) is 51.2 Å². The summed E-state index contributed by atoms with van der Waals surface area (Å²) < 4.78 is 0. The molecule has 3 aromatic heterocycles. The molecule has 3 aromatic rings.